The predicted octanol–water partition coefficient (Wildman–Crippen LogP) is 4.25. The normalized spacial score (nSPS) is 20.5. The topological polar surface area (TPSA) is 15.3 Å². The van der Waals surface area contributed by atoms with Crippen molar-refractivity contribution in [1.82, 2.24) is 10.2 Å². The molecule has 1 heterocycles. The number of halogens is 1. The number of hydrogen-bond acceptors (Lipinski definition) is 2. The van der Waals surface area contributed by atoms with Gasteiger partial charge >= 0.3 is 0 Å². The Morgan fingerprint density at radius 2 is 1.95 bits per heavy atom. The molecule has 0 aromatic heterocycles. The molecule has 3 heteroatoms. The Balaban J connectivity index is 0.00000176. The minimum atomic E-state index is 0. The van der Waals surface area contributed by atoms with Crippen LogP contribution in [0.25, 0.3) is 10.8 Å². The Kier molecular flexibility index (Phi) is 6.25. The molecule has 0 radical (unpaired) electrons. The van der Waals surface area contributed by atoms with Crippen molar-refractivity contribution in [3.63, 3.8) is 0 Å². The Hall–Kier alpha value is -1.09. The third-order valence-electron chi connectivity index (χ3n) is 4.85. The molecule has 3 rings (SSSR count). The fourth-order valence-electron chi connectivity index (χ4n) is 3.58. The van der Waals surface area contributed by atoms with E-state index in [2.05, 4.69) is 66.7 Å². The predicted molar refractivity (Wildman–Crippen MR) is 97.8 cm³/mol. The van der Waals surface area contributed by atoms with Gasteiger partial charge in [-0.15, -0.1) is 12.4 Å². The Morgan fingerprint density at radius 3 is 2.73 bits per heavy atom. The van der Waals surface area contributed by atoms with E-state index in [1.807, 2.05) is 0 Å². The number of rotatable bonds is 4. The van der Waals surface area contributed by atoms with E-state index in [1.54, 1.807) is 0 Å². The first-order chi connectivity index (χ1) is 10.3. The monoisotopic (exact) mass is 318 g/mol. The van der Waals surface area contributed by atoms with Gasteiger partial charge in [-0.3, -0.25) is 4.90 Å². The van der Waals surface area contributed by atoms with Crippen molar-refractivity contribution in [3.05, 3.63) is 48.0 Å². The minimum absolute atomic E-state index is 0. The van der Waals surface area contributed by atoms with Crippen LogP contribution in [0, 0.1) is 5.92 Å². The van der Waals surface area contributed by atoms with Gasteiger partial charge in [0.15, 0.2) is 0 Å². The molecule has 120 valence electrons. The molecule has 2 atom stereocenters. The molecule has 0 spiro atoms. The molecule has 2 aromatic carbocycles. The molecule has 0 bridgehead atoms. The summed E-state index contributed by atoms with van der Waals surface area (Å²) in [6, 6.07) is 16.1. The highest BCUT2D eigenvalue weighted by molar-refractivity contribution is 5.85. The maximum Gasteiger partial charge on any atom is 0.0320 e. The molecule has 2 aromatic rings. The summed E-state index contributed by atoms with van der Waals surface area (Å²) in [6.45, 7) is 5.94. The molecule has 0 amide bonds. The second-order valence-electron chi connectivity index (χ2n) is 6.34. The second-order valence-corrected chi connectivity index (χ2v) is 6.34. The Bertz CT molecular complexity index is 597. The van der Waals surface area contributed by atoms with Gasteiger partial charge in [0.2, 0.25) is 0 Å². The van der Waals surface area contributed by atoms with Gasteiger partial charge in [0, 0.05) is 12.6 Å². The van der Waals surface area contributed by atoms with E-state index in [0.29, 0.717) is 6.04 Å². The van der Waals surface area contributed by atoms with E-state index in [4.69, 9.17) is 0 Å². The van der Waals surface area contributed by atoms with Crippen molar-refractivity contribution >= 4 is 23.2 Å². The number of benzene rings is 2. The molecule has 22 heavy (non-hydrogen) atoms. The summed E-state index contributed by atoms with van der Waals surface area (Å²) in [6.07, 6.45) is 2.69. The van der Waals surface area contributed by atoms with E-state index in [9.17, 15) is 0 Å². The first-order valence-electron chi connectivity index (χ1n) is 8.15. The molecule has 1 N–H and O–H groups in total. The molecule has 1 aliphatic rings. The zero-order chi connectivity index (χ0) is 14.7. The molecule has 2 unspecified atom stereocenters. The average molecular weight is 319 g/mol. The van der Waals surface area contributed by atoms with E-state index >= 15 is 0 Å². The summed E-state index contributed by atoms with van der Waals surface area (Å²) in [4.78, 5) is 2.65. The largest absolute Gasteiger partial charge is 0.319 e. The summed E-state index contributed by atoms with van der Waals surface area (Å²) in [5.41, 5.74) is 1.44. The SMILES string of the molecule is CNCC1CCCN(C(C)c2ccc3ccccc3c2)C1.Cl. The van der Waals surface area contributed by atoms with Crippen molar-refractivity contribution in [2.45, 2.75) is 25.8 Å². The maximum absolute atomic E-state index is 3.33. The lowest BCUT2D eigenvalue weighted by Gasteiger charge is -2.37. The summed E-state index contributed by atoms with van der Waals surface area (Å²) in [5, 5.41) is 6.02. The average Bonchev–Trinajstić information content (AvgIpc) is 2.54. The van der Waals surface area contributed by atoms with Crippen LogP contribution in [0.3, 0.4) is 0 Å². The first kappa shape index (κ1) is 17.3. The van der Waals surface area contributed by atoms with E-state index in [-0.39, 0.29) is 12.4 Å². The molecule has 0 aliphatic carbocycles. The van der Waals surface area contributed by atoms with Crippen molar-refractivity contribution < 1.29 is 0 Å². The van der Waals surface area contributed by atoms with Crippen LogP contribution in [0.2, 0.25) is 0 Å². The number of nitrogens with one attached hydrogen (secondary N) is 1. The lowest BCUT2D eigenvalue weighted by Crippen LogP contribution is -2.40. The highest BCUT2D eigenvalue weighted by Crippen LogP contribution is 2.28. The lowest BCUT2D eigenvalue weighted by atomic mass is 9.94. The highest BCUT2D eigenvalue weighted by Gasteiger charge is 2.23. The quantitative estimate of drug-likeness (QED) is 0.906. The molecule has 1 aliphatic heterocycles. The third kappa shape index (κ3) is 3.81. The summed E-state index contributed by atoms with van der Waals surface area (Å²) >= 11 is 0. The van der Waals surface area contributed by atoms with Gasteiger partial charge < -0.3 is 5.32 Å². The van der Waals surface area contributed by atoms with Crippen LogP contribution in [0.5, 0.6) is 0 Å². The van der Waals surface area contributed by atoms with Gasteiger partial charge in [-0.2, -0.15) is 0 Å². The van der Waals surface area contributed by atoms with E-state index < -0.39 is 0 Å². The zero-order valence-electron chi connectivity index (χ0n) is 13.6. The number of nitrogens with zero attached hydrogens (tertiary/aromatic N) is 1. The molecular formula is C19H27ClN2. The van der Waals surface area contributed by atoms with Crippen LogP contribution in [-0.2, 0) is 0 Å². The second kappa shape index (κ2) is 7.96. The van der Waals surface area contributed by atoms with Crippen LogP contribution < -0.4 is 5.32 Å². The van der Waals surface area contributed by atoms with Crippen LogP contribution in [0.4, 0.5) is 0 Å². The van der Waals surface area contributed by atoms with Crippen LogP contribution in [0.1, 0.15) is 31.4 Å². The smallest absolute Gasteiger partial charge is 0.0320 e. The van der Waals surface area contributed by atoms with Gasteiger partial charge in [0.05, 0.1) is 0 Å². The van der Waals surface area contributed by atoms with E-state index in [0.717, 1.165) is 12.5 Å². The zero-order valence-corrected chi connectivity index (χ0v) is 14.4. The van der Waals surface area contributed by atoms with Gasteiger partial charge in [-0.1, -0.05) is 36.4 Å². The van der Waals surface area contributed by atoms with Crippen molar-refractivity contribution in [2.75, 3.05) is 26.7 Å². The number of likely N-dealkylation sites (tertiary alicyclic amines) is 1. The lowest BCUT2D eigenvalue weighted by molar-refractivity contribution is 0.131. The first-order valence-corrected chi connectivity index (χ1v) is 8.15. The fourth-order valence-corrected chi connectivity index (χ4v) is 3.58. The number of piperidine rings is 1. The van der Waals surface area contributed by atoms with E-state index in [1.165, 1.54) is 42.3 Å². The maximum atomic E-state index is 3.33. The molecular weight excluding hydrogens is 292 g/mol. The molecule has 2 nitrogen and oxygen atoms in total. The highest BCUT2D eigenvalue weighted by atomic mass is 35.5. The number of hydrogen-bond donors (Lipinski definition) is 1. The summed E-state index contributed by atoms with van der Waals surface area (Å²) in [7, 11) is 2.06. The van der Waals surface area contributed by atoms with Crippen molar-refractivity contribution in [1.29, 1.82) is 0 Å². The standard InChI is InChI=1S/C19H26N2.ClH/c1-15(21-11-5-6-16(14-21)13-20-2)18-10-9-17-7-3-4-8-19(17)12-18;/h3-4,7-10,12,15-16,20H,5-6,11,13-14H2,1-2H3;1H. The van der Waals surface area contributed by atoms with Gasteiger partial charge in [-0.25, -0.2) is 0 Å². The fraction of sp³-hybridized carbons (Fsp3) is 0.474. The van der Waals surface area contributed by atoms with Crippen LogP contribution in [0.15, 0.2) is 42.5 Å². The van der Waals surface area contributed by atoms with Crippen molar-refractivity contribution in [2.24, 2.45) is 5.92 Å². The number of fused-ring (bicyclic) bond motifs is 1. The minimum Gasteiger partial charge on any atom is -0.319 e. The molecule has 1 saturated heterocycles. The molecule has 0 saturated carbocycles. The summed E-state index contributed by atoms with van der Waals surface area (Å²) in [5.74, 6) is 0.798. The Morgan fingerprint density at radius 1 is 1.18 bits per heavy atom. The van der Waals surface area contributed by atoms with Gasteiger partial charge in [0.25, 0.3) is 0 Å². The van der Waals surface area contributed by atoms with Gasteiger partial charge in [-0.05, 0) is 68.2 Å². The van der Waals surface area contributed by atoms with Crippen LogP contribution in [-0.4, -0.2) is 31.6 Å². The van der Waals surface area contributed by atoms with Crippen molar-refractivity contribution in [3.8, 4) is 0 Å². The summed E-state index contributed by atoms with van der Waals surface area (Å²) < 4.78 is 0. The molecule has 1 fully saturated rings. The van der Waals surface area contributed by atoms with Crippen LogP contribution >= 0.6 is 12.4 Å². The van der Waals surface area contributed by atoms with Gasteiger partial charge in [0.1, 0.15) is 0 Å². The Labute approximate surface area is 140 Å². The third-order valence-corrected chi connectivity index (χ3v) is 4.85.